The quantitative estimate of drug-likeness (QED) is 0.859. The number of fused-ring (bicyclic) bond motifs is 1. The van der Waals surface area contributed by atoms with Crippen LogP contribution in [0.25, 0.3) is 0 Å². The van der Waals surface area contributed by atoms with Gasteiger partial charge in [0.1, 0.15) is 5.60 Å². The smallest absolute Gasteiger partial charge is 0.410 e. The molecule has 24 heavy (non-hydrogen) atoms. The molecular formula is C19H29N3O2. The molecule has 132 valence electrons. The van der Waals surface area contributed by atoms with E-state index in [0.717, 1.165) is 32.4 Å². The van der Waals surface area contributed by atoms with Crippen LogP contribution in [0.15, 0.2) is 18.2 Å². The first-order valence-electron chi connectivity index (χ1n) is 8.93. The molecule has 0 aromatic heterocycles. The summed E-state index contributed by atoms with van der Waals surface area (Å²) in [5.74, 6) is 0. The first kappa shape index (κ1) is 17.1. The maximum Gasteiger partial charge on any atom is 0.410 e. The summed E-state index contributed by atoms with van der Waals surface area (Å²) in [6.07, 6.45) is 2.89. The van der Waals surface area contributed by atoms with Crippen molar-refractivity contribution in [2.75, 3.05) is 31.1 Å². The molecular weight excluding hydrogens is 302 g/mol. The SMILES string of the molecule is CC(C)(C)OC(=O)N1CCN(c2cccc3c2C[C@@H](N)CC3)CC1. The molecule has 0 saturated carbocycles. The Balaban J connectivity index is 1.66. The van der Waals surface area contributed by atoms with Crippen LogP contribution in [0.5, 0.6) is 0 Å². The van der Waals surface area contributed by atoms with Gasteiger partial charge in [0, 0.05) is 37.9 Å². The minimum atomic E-state index is -0.442. The summed E-state index contributed by atoms with van der Waals surface area (Å²) in [7, 11) is 0. The lowest BCUT2D eigenvalue weighted by Crippen LogP contribution is -2.50. The largest absolute Gasteiger partial charge is 0.444 e. The molecule has 3 rings (SSSR count). The number of nitrogens with two attached hydrogens (primary N) is 1. The number of hydrogen-bond acceptors (Lipinski definition) is 4. The Labute approximate surface area is 144 Å². The van der Waals surface area contributed by atoms with Crippen molar-refractivity contribution < 1.29 is 9.53 Å². The second kappa shape index (κ2) is 6.63. The van der Waals surface area contributed by atoms with E-state index in [0.29, 0.717) is 13.1 Å². The summed E-state index contributed by atoms with van der Waals surface area (Å²) in [5.41, 5.74) is 9.88. The van der Waals surface area contributed by atoms with Crippen molar-refractivity contribution in [2.24, 2.45) is 5.73 Å². The molecule has 5 heteroatoms. The lowest BCUT2D eigenvalue weighted by Gasteiger charge is -2.38. The van der Waals surface area contributed by atoms with Gasteiger partial charge in [0.2, 0.25) is 0 Å². The van der Waals surface area contributed by atoms with Gasteiger partial charge < -0.3 is 20.3 Å². The van der Waals surface area contributed by atoms with Gasteiger partial charge in [0.25, 0.3) is 0 Å². The molecule has 0 unspecified atom stereocenters. The Hall–Kier alpha value is -1.75. The minimum absolute atomic E-state index is 0.209. The number of amides is 1. The van der Waals surface area contributed by atoms with Gasteiger partial charge >= 0.3 is 6.09 Å². The lowest BCUT2D eigenvalue weighted by atomic mass is 9.87. The molecule has 1 atom stereocenters. The lowest BCUT2D eigenvalue weighted by molar-refractivity contribution is 0.0240. The van der Waals surface area contributed by atoms with Gasteiger partial charge in [-0.05, 0) is 57.2 Å². The predicted octanol–water partition coefficient (Wildman–Crippen LogP) is 2.56. The van der Waals surface area contributed by atoms with Crippen LogP contribution in [0.3, 0.4) is 0 Å². The molecule has 1 aromatic carbocycles. The second-order valence-corrected chi connectivity index (χ2v) is 7.87. The molecule has 1 fully saturated rings. The summed E-state index contributed by atoms with van der Waals surface area (Å²) < 4.78 is 5.47. The van der Waals surface area contributed by atoms with Crippen LogP contribution < -0.4 is 10.6 Å². The van der Waals surface area contributed by atoms with E-state index in [1.807, 2.05) is 25.7 Å². The number of piperazine rings is 1. The normalized spacial score (nSPS) is 21.4. The summed E-state index contributed by atoms with van der Waals surface area (Å²) in [4.78, 5) is 16.4. The van der Waals surface area contributed by atoms with E-state index in [9.17, 15) is 4.79 Å². The highest BCUT2D eigenvalue weighted by molar-refractivity contribution is 5.69. The number of anilines is 1. The summed E-state index contributed by atoms with van der Waals surface area (Å²) in [6, 6.07) is 6.83. The number of benzene rings is 1. The van der Waals surface area contributed by atoms with Gasteiger partial charge in [0.15, 0.2) is 0 Å². The standard InChI is InChI=1S/C19H29N3O2/c1-19(2,3)24-18(23)22-11-9-21(10-12-22)17-6-4-5-14-7-8-15(20)13-16(14)17/h4-6,15H,7-13,20H2,1-3H3/t15-/m0/s1. The molecule has 1 heterocycles. The monoisotopic (exact) mass is 331 g/mol. The fraction of sp³-hybridized carbons (Fsp3) is 0.632. The number of rotatable bonds is 1. The Bertz CT molecular complexity index is 601. The molecule has 0 bridgehead atoms. The summed E-state index contributed by atoms with van der Waals surface area (Å²) in [5, 5.41) is 0. The minimum Gasteiger partial charge on any atom is -0.444 e. The zero-order chi connectivity index (χ0) is 17.3. The van der Waals surface area contributed by atoms with Crippen LogP contribution in [0.2, 0.25) is 0 Å². The van der Waals surface area contributed by atoms with Gasteiger partial charge in [-0.3, -0.25) is 0 Å². The molecule has 1 amide bonds. The summed E-state index contributed by atoms with van der Waals surface area (Å²) >= 11 is 0. The third-order valence-electron chi connectivity index (χ3n) is 4.77. The van der Waals surface area contributed by atoms with E-state index in [4.69, 9.17) is 10.5 Å². The highest BCUT2D eigenvalue weighted by Crippen LogP contribution is 2.30. The molecule has 1 saturated heterocycles. The molecule has 2 aliphatic rings. The maximum atomic E-state index is 12.2. The van der Waals surface area contributed by atoms with Gasteiger partial charge in [-0.2, -0.15) is 0 Å². The molecule has 1 aromatic rings. The Morgan fingerprint density at radius 1 is 1.21 bits per heavy atom. The van der Waals surface area contributed by atoms with Crippen LogP contribution in [0.4, 0.5) is 10.5 Å². The van der Waals surface area contributed by atoms with Gasteiger partial charge in [-0.1, -0.05) is 12.1 Å². The predicted molar refractivity (Wildman–Crippen MR) is 96.5 cm³/mol. The number of carbonyl (C=O) groups is 1. The Morgan fingerprint density at radius 2 is 1.92 bits per heavy atom. The molecule has 1 aliphatic heterocycles. The van der Waals surface area contributed by atoms with E-state index in [1.54, 1.807) is 0 Å². The van der Waals surface area contributed by atoms with Gasteiger partial charge in [-0.15, -0.1) is 0 Å². The number of hydrogen-bond donors (Lipinski definition) is 1. The molecule has 5 nitrogen and oxygen atoms in total. The topological polar surface area (TPSA) is 58.8 Å². The number of ether oxygens (including phenoxy) is 1. The first-order chi connectivity index (χ1) is 11.3. The van der Waals surface area contributed by atoms with Gasteiger partial charge in [0.05, 0.1) is 0 Å². The Kier molecular flexibility index (Phi) is 4.72. The van der Waals surface area contributed by atoms with E-state index in [-0.39, 0.29) is 12.1 Å². The van der Waals surface area contributed by atoms with Crippen LogP contribution >= 0.6 is 0 Å². The number of aryl methyl sites for hydroxylation is 1. The highest BCUT2D eigenvalue weighted by atomic mass is 16.6. The third kappa shape index (κ3) is 3.83. The third-order valence-corrected chi connectivity index (χ3v) is 4.77. The van der Waals surface area contributed by atoms with E-state index in [1.165, 1.54) is 16.8 Å². The molecule has 2 N–H and O–H groups in total. The second-order valence-electron chi connectivity index (χ2n) is 7.87. The number of nitrogens with zero attached hydrogens (tertiary/aromatic N) is 2. The van der Waals surface area contributed by atoms with Crippen molar-refractivity contribution >= 4 is 11.8 Å². The average molecular weight is 331 g/mol. The van der Waals surface area contributed by atoms with Crippen LogP contribution in [-0.4, -0.2) is 48.8 Å². The molecule has 0 radical (unpaired) electrons. The molecule has 1 aliphatic carbocycles. The first-order valence-corrected chi connectivity index (χ1v) is 8.93. The van der Waals surface area contributed by atoms with Crippen molar-refractivity contribution in [1.29, 1.82) is 0 Å². The zero-order valence-electron chi connectivity index (χ0n) is 15.0. The molecule has 0 spiro atoms. The van der Waals surface area contributed by atoms with E-state index in [2.05, 4.69) is 23.1 Å². The van der Waals surface area contributed by atoms with Crippen LogP contribution in [0.1, 0.15) is 38.3 Å². The van der Waals surface area contributed by atoms with Crippen LogP contribution in [0, 0.1) is 0 Å². The maximum absolute atomic E-state index is 12.2. The van der Waals surface area contributed by atoms with Crippen molar-refractivity contribution in [3.05, 3.63) is 29.3 Å². The van der Waals surface area contributed by atoms with E-state index >= 15 is 0 Å². The average Bonchev–Trinajstić information content (AvgIpc) is 2.53. The van der Waals surface area contributed by atoms with Crippen molar-refractivity contribution in [3.8, 4) is 0 Å². The number of carbonyl (C=O) groups excluding carboxylic acids is 1. The highest BCUT2D eigenvalue weighted by Gasteiger charge is 2.28. The van der Waals surface area contributed by atoms with Crippen molar-refractivity contribution in [1.82, 2.24) is 4.90 Å². The Morgan fingerprint density at radius 3 is 2.58 bits per heavy atom. The van der Waals surface area contributed by atoms with Crippen molar-refractivity contribution in [2.45, 2.75) is 51.7 Å². The van der Waals surface area contributed by atoms with E-state index < -0.39 is 5.60 Å². The van der Waals surface area contributed by atoms with Crippen LogP contribution in [-0.2, 0) is 17.6 Å². The van der Waals surface area contributed by atoms with Crippen molar-refractivity contribution in [3.63, 3.8) is 0 Å². The fourth-order valence-electron chi connectivity index (χ4n) is 3.55. The zero-order valence-corrected chi connectivity index (χ0v) is 15.0. The summed E-state index contributed by atoms with van der Waals surface area (Å²) in [6.45, 7) is 8.78. The van der Waals surface area contributed by atoms with Gasteiger partial charge in [-0.25, -0.2) is 4.79 Å². The fourth-order valence-corrected chi connectivity index (χ4v) is 3.55.